The smallest absolute Gasteiger partial charge is 0.296 e. The first kappa shape index (κ1) is 22.5. The lowest BCUT2D eigenvalue weighted by Crippen LogP contribution is -2.49. The average Bonchev–Trinajstić information content (AvgIpc) is 3.21. The normalized spacial score (nSPS) is 15.8. The number of likely N-dealkylation sites (tertiary alicyclic amines) is 1. The number of amides is 2. The molecule has 0 saturated carbocycles. The van der Waals surface area contributed by atoms with Crippen molar-refractivity contribution in [3.8, 4) is 11.8 Å². The van der Waals surface area contributed by atoms with Crippen LogP contribution in [0.4, 0.5) is 0 Å². The van der Waals surface area contributed by atoms with Gasteiger partial charge in [-0.2, -0.15) is 5.10 Å². The van der Waals surface area contributed by atoms with E-state index in [0.29, 0.717) is 24.3 Å². The number of hydrogen-bond donors (Lipinski definition) is 1. The third-order valence-electron chi connectivity index (χ3n) is 6.35. The Morgan fingerprint density at radius 3 is 2.76 bits per heavy atom. The summed E-state index contributed by atoms with van der Waals surface area (Å²) in [6.45, 7) is 8.85. The summed E-state index contributed by atoms with van der Waals surface area (Å²) in [5.41, 5.74) is 6.57. The molecule has 1 N–H and O–H groups in total. The Labute approximate surface area is 194 Å². The number of benzene rings is 1. The minimum Gasteiger partial charge on any atom is -0.341 e. The summed E-state index contributed by atoms with van der Waals surface area (Å²) in [5, 5.41) is 7.41. The zero-order chi connectivity index (χ0) is 23.5. The highest BCUT2D eigenvalue weighted by molar-refractivity contribution is 6.00. The van der Waals surface area contributed by atoms with Crippen LogP contribution in [0, 0.1) is 32.6 Å². The molecular formula is C26H29N5O2. The minimum absolute atomic E-state index is 0.102. The molecule has 1 aliphatic rings. The number of aryl methyl sites for hydroxylation is 3. The Balaban J connectivity index is 1.60. The molecule has 2 aromatic heterocycles. The van der Waals surface area contributed by atoms with Crippen LogP contribution in [0.3, 0.4) is 0 Å². The lowest BCUT2D eigenvalue weighted by molar-refractivity contribution is -0.116. The summed E-state index contributed by atoms with van der Waals surface area (Å²) in [5.74, 6) is 4.69. The van der Waals surface area contributed by atoms with E-state index >= 15 is 0 Å². The molecule has 0 spiro atoms. The van der Waals surface area contributed by atoms with E-state index in [2.05, 4.69) is 41.3 Å². The summed E-state index contributed by atoms with van der Waals surface area (Å²) in [4.78, 5) is 31.8. The molecule has 0 aliphatic carbocycles. The fourth-order valence-corrected chi connectivity index (χ4v) is 4.50. The van der Waals surface area contributed by atoms with Crippen molar-refractivity contribution in [2.24, 2.45) is 0 Å². The molecule has 33 heavy (non-hydrogen) atoms. The fourth-order valence-electron chi connectivity index (χ4n) is 4.50. The van der Waals surface area contributed by atoms with Crippen molar-refractivity contribution in [3.63, 3.8) is 0 Å². The molecule has 4 rings (SSSR count). The van der Waals surface area contributed by atoms with Gasteiger partial charge in [-0.15, -0.1) is 0 Å². The van der Waals surface area contributed by atoms with E-state index in [1.807, 2.05) is 26.0 Å². The van der Waals surface area contributed by atoms with Gasteiger partial charge in [0.2, 0.25) is 0 Å². The summed E-state index contributed by atoms with van der Waals surface area (Å²) >= 11 is 0. The van der Waals surface area contributed by atoms with Crippen LogP contribution in [0.25, 0.3) is 5.65 Å². The van der Waals surface area contributed by atoms with E-state index in [1.54, 1.807) is 22.5 Å². The zero-order valence-corrected chi connectivity index (χ0v) is 19.6. The third-order valence-corrected chi connectivity index (χ3v) is 6.35. The molecule has 2 amide bonds. The van der Waals surface area contributed by atoms with Crippen LogP contribution in [0.5, 0.6) is 0 Å². The van der Waals surface area contributed by atoms with Crippen molar-refractivity contribution in [2.45, 2.75) is 53.0 Å². The van der Waals surface area contributed by atoms with Crippen LogP contribution < -0.4 is 5.32 Å². The number of carbonyl (C=O) groups is 2. The zero-order valence-electron chi connectivity index (χ0n) is 19.6. The molecule has 1 saturated heterocycles. The van der Waals surface area contributed by atoms with E-state index in [4.69, 9.17) is 4.98 Å². The van der Waals surface area contributed by atoms with E-state index in [-0.39, 0.29) is 17.9 Å². The minimum atomic E-state index is -0.304. The van der Waals surface area contributed by atoms with Gasteiger partial charge in [-0.25, -0.2) is 9.50 Å². The first-order valence-electron chi connectivity index (χ1n) is 11.3. The molecule has 7 nitrogen and oxygen atoms in total. The highest BCUT2D eigenvalue weighted by atomic mass is 16.2. The molecule has 1 aromatic carbocycles. The summed E-state index contributed by atoms with van der Waals surface area (Å²) < 4.78 is 1.77. The molecule has 3 heterocycles. The van der Waals surface area contributed by atoms with Crippen molar-refractivity contribution < 1.29 is 9.59 Å². The van der Waals surface area contributed by atoms with Gasteiger partial charge in [-0.1, -0.05) is 30.2 Å². The van der Waals surface area contributed by atoms with E-state index in [9.17, 15) is 9.59 Å². The Bertz CT molecular complexity index is 1280. The molecule has 1 unspecified atom stereocenters. The third kappa shape index (κ3) is 4.61. The summed E-state index contributed by atoms with van der Waals surface area (Å²) in [6.07, 6.45) is 4.03. The van der Waals surface area contributed by atoms with Gasteiger partial charge in [-0.3, -0.25) is 9.59 Å². The first-order valence-corrected chi connectivity index (χ1v) is 11.3. The van der Waals surface area contributed by atoms with Gasteiger partial charge in [0, 0.05) is 36.9 Å². The average molecular weight is 444 g/mol. The van der Waals surface area contributed by atoms with Gasteiger partial charge in [0.1, 0.15) is 5.56 Å². The molecule has 1 fully saturated rings. The second-order valence-corrected chi connectivity index (χ2v) is 8.60. The van der Waals surface area contributed by atoms with Gasteiger partial charge in [0.05, 0.1) is 6.20 Å². The SMILES string of the molecule is CC#CC(=O)NC1CCCN(C(=O)c2cnn3c(C)c(Cc4ccccc4C)c(C)nc23)C1. The van der Waals surface area contributed by atoms with E-state index in [1.165, 1.54) is 11.1 Å². The predicted molar refractivity (Wildman–Crippen MR) is 127 cm³/mol. The molecule has 7 heteroatoms. The number of piperidine rings is 1. The Hall–Kier alpha value is -3.66. The van der Waals surface area contributed by atoms with Gasteiger partial charge in [-0.05, 0) is 63.1 Å². The number of hydrogen-bond acceptors (Lipinski definition) is 4. The van der Waals surface area contributed by atoms with Crippen LogP contribution >= 0.6 is 0 Å². The van der Waals surface area contributed by atoms with Gasteiger partial charge in [0.15, 0.2) is 5.65 Å². The highest BCUT2D eigenvalue weighted by Gasteiger charge is 2.28. The van der Waals surface area contributed by atoms with Crippen molar-refractivity contribution in [1.29, 1.82) is 0 Å². The summed E-state index contributed by atoms with van der Waals surface area (Å²) in [6, 6.07) is 8.23. The second kappa shape index (κ2) is 9.45. The van der Waals surface area contributed by atoms with Gasteiger partial charge < -0.3 is 10.2 Å². The highest BCUT2D eigenvalue weighted by Crippen LogP contribution is 2.23. The predicted octanol–water partition coefficient (Wildman–Crippen LogP) is 2.99. The lowest BCUT2D eigenvalue weighted by atomic mass is 9.98. The summed E-state index contributed by atoms with van der Waals surface area (Å²) in [7, 11) is 0. The number of aromatic nitrogens is 3. The Morgan fingerprint density at radius 2 is 2.00 bits per heavy atom. The largest absolute Gasteiger partial charge is 0.341 e. The van der Waals surface area contributed by atoms with Crippen LogP contribution in [0.15, 0.2) is 30.5 Å². The topological polar surface area (TPSA) is 79.6 Å². The fraction of sp³-hybridized carbons (Fsp3) is 0.385. The molecule has 170 valence electrons. The van der Waals surface area contributed by atoms with Crippen molar-refractivity contribution in [2.75, 3.05) is 13.1 Å². The molecule has 1 atom stereocenters. The van der Waals surface area contributed by atoms with Gasteiger partial charge >= 0.3 is 0 Å². The molecule has 0 radical (unpaired) electrons. The van der Waals surface area contributed by atoms with E-state index < -0.39 is 0 Å². The molecule has 3 aromatic rings. The maximum Gasteiger partial charge on any atom is 0.296 e. The van der Waals surface area contributed by atoms with Crippen LogP contribution in [-0.4, -0.2) is 50.4 Å². The molecular weight excluding hydrogens is 414 g/mol. The van der Waals surface area contributed by atoms with Gasteiger partial charge in [0.25, 0.3) is 11.8 Å². The van der Waals surface area contributed by atoms with Crippen molar-refractivity contribution >= 4 is 17.5 Å². The first-order chi connectivity index (χ1) is 15.9. The van der Waals surface area contributed by atoms with Crippen molar-refractivity contribution in [3.05, 3.63) is 64.1 Å². The lowest BCUT2D eigenvalue weighted by Gasteiger charge is -2.32. The number of carbonyl (C=O) groups excluding carboxylic acids is 2. The Morgan fingerprint density at radius 1 is 1.21 bits per heavy atom. The maximum absolute atomic E-state index is 13.4. The van der Waals surface area contributed by atoms with Crippen LogP contribution in [0.2, 0.25) is 0 Å². The second-order valence-electron chi connectivity index (χ2n) is 8.60. The molecule has 1 aliphatic heterocycles. The van der Waals surface area contributed by atoms with E-state index in [0.717, 1.165) is 36.2 Å². The molecule has 0 bridgehead atoms. The number of nitrogens with zero attached hydrogens (tertiary/aromatic N) is 4. The van der Waals surface area contributed by atoms with Crippen LogP contribution in [-0.2, 0) is 11.2 Å². The Kier molecular flexibility index (Phi) is 6.45. The van der Waals surface area contributed by atoms with Crippen LogP contribution in [0.1, 0.15) is 58.2 Å². The number of nitrogens with one attached hydrogen (secondary N) is 1. The maximum atomic E-state index is 13.4. The standard InChI is InChI=1S/C26H29N5O2/c1-5-9-24(32)29-21-12-8-13-30(16-21)26(33)23-15-27-31-19(4)22(18(3)28-25(23)31)14-20-11-7-6-10-17(20)2/h6-7,10-11,15,21H,8,12-14,16H2,1-4H3,(H,29,32). The van der Waals surface area contributed by atoms with Crippen molar-refractivity contribution in [1.82, 2.24) is 24.8 Å². The number of rotatable bonds is 4. The number of fused-ring (bicyclic) bond motifs is 1. The monoisotopic (exact) mass is 443 g/mol. The quantitative estimate of drug-likeness (QED) is 0.629.